The van der Waals surface area contributed by atoms with E-state index in [1.54, 1.807) is 12.1 Å². The number of aromatic nitrogens is 5. The molecular formula is C22H19ClN6O2. The molecule has 31 heavy (non-hydrogen) atoms. The van der Waals surface area contributed by atoms with E-state index >= 15 is 0 Å². The van der Waals surface area contributed by atoms with Crippen LogP contribution in [0.4, 0.5) is 0 Å². The van der Waals surface area contributed by atoms with Crippen LogP contribution in [0.3, 0.4) is 0 Å². The normalized spacial score (nSPS) is 14.7. The van der Waals surface area contributed by atoms with Crippen molar-refractivity contribution in [3.8, 4) is 23.0 Å². The molecule has 2 aromatic heterocycles. The molecule has 4 aromatic rings. The number of rotatable bonds is 4. The van der Waals surface area contributed by atoms with Gasteiger partial charge in [-0.05, 0) is 49.2 Å². The number of amides is 1. The average molecular weight is 435 g/mol. The van der Waals surface area contributed by atoms with Crippen LogP contribution in [0.25, 0.3) is 23.0 Å². The molecule has 0 aliphatic carbocycles. The summed E-state index contributed by atoms with van der Waals surface area (Å²) in [6, 6.07) is 16.7. The third kappa shape index (κ3) is 4.06. The first kappa shape index (κ1) is 19.4. The van der Waals surface area contributed by atoms with Gasteiger partial charge in [0.05, 0.1) is 12.2 Å². The summed E-state index contributed by atoms with van der Waals surface area (Å²) in [6.45, 7) is 1.35. The number of likely N-dealkylation sites (tertiary alicyclic amines) is 1. The van der Waals surface area contributed by atoms with E-state index in [9.17, 15) is 4.79 Å². The highest BCUT2D eigenvalue weighted by Crippen LogP contribution is 2.26. The molecule has 0 atom stereocenters. The van der Waals surface area contributed by atoms with Gasteiger partial charge in [-0.15, -0.1) is 5.10 Å². The van der Waals surface area contributed by atoms with Gasteiger partial charge in [-0.1, -0.05) is 40.2 Å². The van der Waals surface area contributed by atoms with E-state index in [0.717, 1.165) is 24.0 Å². The van der Waals surface area contributed by atoms with Crippen molar-refractivity contribution in [1.29, 1.82) is 0 Å². The van der Waals surface area contributed by atoms with Gasteiger partial charge in [-0.2, -0.15) is 4.98 Å². The summed E-state index contributed by atoms with van der Waals surface area (Å²) in [5, 5.41) is 13.1. The fourth-order valence-electron chi connectivity index (χ4n) is 3.69. The lowest BCUT2D eigenvalue weighted by Crippen LogP contribution is -2.39. The van der Waals surface area contributed by atoms with Crippen molar-refractivity contribution in [1.82, 2.24) is 30.0 Å². The molecule has 3 heterocycles. The van der Waals surface area contributed by atoms with Gasteiger partial charge in [0.15, 0.2) is 5.69 Å². The minimum atomic E-state index is 0.0693. The van der Waals surface area contributed by atoms with Crippen LogP contribution in [0, 0.1) is 0 Å². The smallest absolute Gasteiger partial charge is 0.258 e. The lowest BCUT2D eigenvalue weighted by Gasteiger charge is -2.31. The summed E-state index contributed by atoms with van der Waals surface area (Å²) in [7, 11) is 0. The predicted octanol–water partition coefficient (Wildman–Crippen LogP) is 4.13. The fraction of sp³-hybridized carbons (Fsp3) is 0.227. The second kappa shape index (κ2) is 8.31. The van der Waals surface area contributed by atoms with Crippen molar-refractivity contribution in [3.05, 3.63) is 71.4 Å². The number of hydrogen-bond donors (Lipinski definition) is 0. The molecule has 1 amide bonds. The highest BCUT2D eigenvalue weighted by molar-refractivity contribution is 6.30. The molecular weight excluding hydrogens is 416 g/mol. The fourth-order valence-corrected chi connectivity index (χ4v) is 3.82. The van der Waals surface area contributed by atoms with E-state index in [1.807, 2.05) is 58.2 Å². The maximum atomic E-state index is 12.6. The number of piperidine rings is 1. The number of carbonyl (C=O) groups excluding carboxylic acids is 1. The zero-order chi connectivity index (χ0) is 21.2. The minimum Gasteiger partial charge on any atom is -0.338 e. The third-order valence-corrected chi connectivity index (χ3v) is 5.66. The van der Waals surface area contributed by atoms with Crippen molar-refractivity contribution in [3.63, 3.8) is 0 Å². The Morgan fingerprint density at radius 1 is 1.03 bits per heavy atom. The Labute approximate surface area is 183 Å². The molecule has 156 valence electrons. The van der Waals surface area contributed by atoms with Gasteiger partial charge in [0.2, 0.25) is 5.82 Å². The molecule has 5 rings (SSSR count). The molecule has 1 aliphatic rings. The van der Waals surface area contributed by atoms with E-state index in [1.165, 1.54) is 0 Å². The highest BCUT2D eigenvalue weighted by Gasteiger charge is 2.26. The lowest BCUT2D eigenvalue weighted by molar-refractivity contribution is 0.0689. The van der Waals surface area contributed by atoms with Crippen LogP contribution in [-0.2, 0) is 0 Å². The number of nitrogens with zero attached hydrogens (tertiary/aromatic N) is 6. The van der Waals surface area contributed by atoms with Crippen molar-refractivity contribution >= 4 is 17.5 Å². The van der Waals surface area contributed by atoms with E-state index in [2.05, 4.69) is 20.5 Å². The van der Waals surface area contributed by atoms with Crippen LogP contribution in [-0.4, -0.2) is 49.0 Å². The molecule has 0 radical (unpaired) electrons. The number of carbonyl (C=O) groups is 1. The maximum absolute atomic E-state index is 12.6. The zero-order valence-electron chi connectivity index (χ0n) is 16.6. The predicted molar refractivity (Wildman–Crippen MR) is 114 cm³/mol. The number of halogens is 1. The standard InChI is InChI=1S/C22H19ClN6O2/c23-17-8-6-15(7-9-17)21-24-20(26-31-21)19-14-29(27-25-19)18-10-12-28(13-11-18)22(30)16-4-2-1-3-5-16/h1-9,14,18H,10-13H2. The van der Waals surface area contributed by atoms with E-state index in [4.69, 9.17) is 16.1 Å². The van der Waals surface area contributed by atoms with E-state index in [-0.39, 0.29) is 11.9 Å². The van der Waals surface area contributed by atoms with Gasteiger partial charge in [0.25, 0.3) is 11.8 Å². The molecule has 1 aliphatic heterocycles. The molecule has 0 spiro atoms. The van der Waals surface area contributed by atoms with Crippen molar-refractivity contribution in [2.24, 2.45) is 0 Å². The number of benzene rings is 2. The van der Waals surface area contributed by atoms with Gasteiger partial charge in [0.1, 0.15) is 0 Å². The molecule has 0 saturated carbocycles. The Morgan fingerprint density at radius 3 is 2.52 bits per heavy atom. The van der Waals surface area contributed by atoms with Gasteiger partial charge in [-0.25, -0.2) is 4.68 Å². The molecule has 0 bridgehead atoms. The summed E-state index contributed by atoms with van der Waals surface area (Å²) in [6.07, 6.45) is 3.45. The molecule has 0 unspecified atom stereocenters. The minimum absolute atomic E-state index is 0.0693. The van der Waals surface area contributed by atoms with Crippen molar-refractivity contribution in [2.75, 3.05) is 13.1 Å². The van der Waals surface area contributed by atoms with Gasteiger partial charge < -0.3 is 9.42 Å². The first-order chi connectivity index (χ1) is 15.2. The summed E-state index contributed by atoms with van der Waals surface area (Å²) >= 11 is 5.92. The first-order valence-corrected chi connectivity index (χ1v) is 10.4. The van der Waals surface area contributed by atoms with Gasteiger partial charge >= 0.3 is 0 Å². The molecule has 1 saturated heterocycles. The Morgan fingerprint density at radius 2 is 1.77 bits per heavy atom. The van der Waals surface area contributed by atoms with Gasteiger partial charge in [0, 0.05) is 29.2 Å². The Kier molecular flexibility index (Phi) is 5.21. The van der Waals surface area contributed by atoms with E-state index in [0.29, 0.717) is 35.5 Å². The second-order valence-corrected chi connectivity index (χ2v) is 7.84. The average Bonchev–Trinajstić information content (AvgIpc) is 3.50. The second-order valence-electron chi connectivity index (χ2n) is 7.40. The third-order valence-electron chi connectivity index (χ3n) is 5.40. The van der Waals surface area contributed by atoms with Crippen LogP contribution >= 0.6 is 11.6 Å². The van der Waals surface area contributed by atoms with Crippen LogP contribution in [0.1, 0.15) is 29.2 Å². The summed E-state index contributed by atoms with van der Waals surface area (Å²) in [5.41, 5.74) is 2.05. The van der Waals surface area contributed by atoms with Crippen LogP contribution in [0.15, 0.2) is 65.3 Å². The molecule has 0 N–H and O–H groups in total. The molecule has 8 nitrogen and oxygen atoms in total. The Hall–Kier alpha value is -3.52. The topological polar surface area (TPSA) is 89.9 Å². The molecule has 2 aromatic carbocycles. The van der Waals surface area contributed by atoms with Crippen LogP contribution in [0.2, 0.25) is 5.02 Å². The largest absolute Gasteiger partial charge is 0.338 e. The summed E-state index contributed by atoms with van der Waals surface area (Å²) in [4.78, 5) is 18.9. The SMILES string of the molecule is O=C(c1ccccc1)N1CCC(n2cc(-c3noc(-c4ccc(Cl)cc4)n3)nn2)CC1. The van der Waals surface area contributed by atoms with Crippen molar-refractivity contribution in [2.45, 2.75) is 18.9 Å². The molecule has 9 heteroatoms. The zero-order valence-corrected chi connectivity index (χ0v) is 17.3. The highest BCUT2D eigenvalue weighted by atomic mass is 35.5. The summed E-state index contributed by atoms with van der Waals surface area (Å²) < 4.78 is 7.19. The monoisotopic (exact) mass is 434 g/mol. The van der Waals surface area contributed by atoms with E-state index < -0.39 is 0 Å². The van der Waals surface area contributed by atoms with Crippen LogP contribution in [0.5, 0.6) is 0 Å². The van der Waals surface area contributed by atoms with Crippen molar-refractivity contribution < 1.29 is 9.32 Å². The molecule has 1 fully saturated rings. The Bertz CT molecular complexity index is 1180. The van der Waals surface area contributed by atoms with Gasteiger partial charge in [-0.3, -0.25) is 4.79 Å². The Balaban J connectivity index is 1.25. The first-order valence-electron chi connectivity index (χ1n) is 10.0. The number of hydrogen-bond acceptors (Lipinski definition) is 6. The maximum Gasteiger partial charge on any atom is 0.258 e. The van der Waals surface area contributed by atoms with Crippen LogP contribution < -0.4 is 0 Å². The summed E-state index contributed by atoms with van der Waals surface area (Å²) in [5.74, 6) is 0.849. The lowest BCUT2D eigenvalue weighted by atomic mass is 10.0. The quantitative estimate of drug-likeness (QED) is 0.479.